The summed E-state index contributed by atoms with van der Waals surface area (Å²) >= 11 is 0. The molecule has 0 aromatic heterocycles. The van der Waals surface area contributed by atoms with Crippen LogP contribution in [0.1, 0.15) is 45.4 Å². The van der Waals surface area contributed by atoms with Gasteiger partial charge in [0.2, 0.25) is 5.91 Å². The largest absolute Gasteiger partial charge is 0.349 e. The number of hydrogen-bond donors (Lipinski definition) is 0. The highest BCUT2D eigenvalue weighted by atomic mass is 16.2. The van der Waals surface area contributed by atoms with Gasteiger partial charge in [-0.3, -0.25) is 4.79 Å². The van der Waals surface area contributed by atoms with Crippen LogP contribution in [0, 0.1) is 11.8 Å². The van der Waals surface area contributed by atoms with Gasteiger partial charge in [-0.05, 0) is 24.7 Å². The van der Waals surface area contributed by atoms with Gasteiger partial charge in [-0.15, -0.1) is 0 Å². The fraction of sp³-hybridized carbons (Fsp3) is 0.917. The molecule has 1 saturated carbocycles. The van der Waals surface area contributed by atoms with Crippen LogP contribution in [0.5, 0.6) is 0 Å². The van der Waals surface area contributed by atoms with Gasteiger partial charge in [-0.25, -0.2) is 0 Å². The molecule has 0 unspecified atom stereocenters. The Bertz CT molecular complexity index is 181. The van der Waals surface area contributed by atoms with Gasteiger partial charge in [0.15, 0.2) is 0 Å². The predicted molar refractivity (Wildman–Crippen MR) is 59.1 cm³/mol. The maximum Gasteiger partial charge on any atom is 0.222 e. The molecule has 0 aliphatic heterocycles. The van der Waals surface area contributed by atoms with Gasteiger partial charge in [0.05, 0.1) is 0 Å². The number of carbonyl (C=O) groups excluding carboxylic acids is 1. The lowest BCUT2D eigenvalue weighted by atomic mass is 9.79. The monoisotopic (exact) mass is 197 g/mol. The van der Waals surface area contributed by atoms with Gasteiger partial charge in [0.25, 0.3) is 0 Å². The van der Waals surface area contributed by atoms with E-state index in [1.807, 2.05) is 14.1 Å². The maximum absolute atomic E-state index is 11.5. The summed E-state index contributed by atoms with van der Waals surface area (Å²) in [6, 6.07) is 0. The molecular formula is C12H23NO. The van der Waals surface area contributed by atoms with E-state index >= 15 is 0 Å². The van der Waals surface area contributed by atoms with Crippen LogP contribution in [0.2, 0.25) is 0 Å². The zero-order valence-corrected chi connectivity index (χ0v) is 9.75. The van der Waals surface area contributed by atoms with Crippen molar-refractivity contribution >= 4 is 5.91 Å². The second-order valence-electron chi connectivity index (χ2n) is 4.79. The Balaban J connectivity index is 2.25. The second-order valence-corrected chi connectivity index (χ2v) is 4.79. The molecule has 0 atom stereocenters. The van der Waals surface area contributed by atoms with E-state index in [9.17, 15) is 4.79 Å². The van der Waals surface area contributed by atoms with Gasteiger partial charge in [-0.1, -0.05) is 26.2 Å². The first-order valence-electron chi connectivity index (χ1n) is 5.83. The highest BCUT2D eigenvalue weighted by Gasteiger charge is 2.22. The van der Waals surface area contributed by atoms with E-state index in [4.69, 9.17) is 0 Å². The molecule has 0 saturated heterocycles. The van der Waals surface area contributed by atoms with E-state index in [1.165, 1.54) is 32.1 Å². The summed E-state index contributed by atoms with van der Waals surface area (Å²) in [6.07, 6.45) is 7.28. The van der Waals surface area contributed by atoms with Crippen molar-refractivity contribution in [2.45, 2.75) is 45.4 Å². The van der Waals surface area contributed by atoms with Crippen molar-refractivity contribution < 1.29 is 4.79 Å². The Hall–Kier alpha value is -0.530. The molecule has 0 aromatic carbocycles. The van der Waals surface area contributed by atoms with E-state index in [1.54, 1.807) is 4.90 Å². The van der Waals surface area contributed by atoms with Crippen LogP contribution in [0.25, 0.3) is 0 Å². The van der Waals surface area contributed by atoms with E-state index in [-0.39, 0.29) is 0 Å². The molecule has 1 rings (SSSR count). The Morgan fingerprint density at radius 2 is 1.64 bits per heavy atom. The lowest BCUT2D eigenvalue weighted by Gasteiger charge is -2.28. The van der Waals surface area contributed by atoms with Crippen molar-refractivity contribution in [2.75, 3.05) is 14.1 Å². The minimum absolute atomic E-state index is 0.296. The lowest BCUT2D eigenvalue weighted by molar-refractivity contribution is -0.130. The normalized spacial score (nSPS) is 27.4. The quantitative estimate of drug-likeness (QED) is 0.681. The van der Waals surface area contributed by atoms with Crippen LogP contribution in [-0.2, 0) is 4.79 Å². The Morgan fingerprint density at radius 1 is 1.14 bits per heavy atom. The van der Waals surface area contributed by atoms with E-state index in [2.05, 4.69) is 6.92 Å². The predicted octanol–water partition coefficient (Wildman–Crippen LogP) is 2.68. The second kappa shape index (κ2) is 5.38. The van der Waals surface area contributed by atoms with Gasteiger partial charge >= 0.3 is 0 Å². The first-order valence-corrected chi connectivity index (χ1v) is 5.83. The fourth-order valence-corrected chi connectivity index (χ4v) is 2.27. The molecule has 1 aliphatic rings. The molecule has 0 spiro atoms. The first kappa shape index (κ1) is 11.5. The molecule has 1 aliphatic carbocycles. The van der Waals surface area contributed by atoms with Crippen molar-refractivity contribution in [3.8, 4) is 0 Å². The smallest absolute Gasteiger partial charge is 0.222 e. The molecule has 0 heterocycles. The summed E-state index contributed by atoms with van der Waals surface area (Å²) in [5, 5.41) is 0. The van der Waals surface area contributed by atoms with Gasteiger partial charge in [0.1, 0.15) is 0 Å². The molecule has 82 valence electrons. The van der Waals surface area contributed by atoms with Crippen molar-refractivity contribution in [3.63, 3.8) is 0 Å². The van der Waals surface area contributed by atoms with E-state index in [0.717, 1.165) is 12.3 Å². The molecule has 1 fully saturated rings. The van der Waals surface area contributed by atoms with Crippen molar-refractivity contribution in [1.82, 2.24) is 4.90 Å². The summed E-state index contributed by atoms with van der Waals surface area (Å²) in [6.45, 7) is 2.27. The number of carbonyl (C=O) groups is 1. The minimum atomic E-state index is 0.296. The standard InChI is InChI=1S/C12H23NO/c1-4-10-5-7-11(8-6-10)9-12(14)13(2)3/h10-11H,4-9H2,1-3H3. The number of hydrogen-bond acceptors (Lipinski definition) is 1. The van der Waals surface area contributed by atoms with Gasteiger partial charge < -0.3 is 4.90 Å². The van der Waals surface area contributed by atoms with Crippen LogP contribution in [0.3, 0.4) is 0 Å². The molecule has 0 N–H and O–H groups in total. The molecule has 1 amide bonds. The molecule has 0 radical (unpaired) electrons. The molecular weight excluding hydrogens is 174 g/mol. The van der Waals surface area contributed by atoms with Crippen molar-refractivity contribution in [1.29, 1.82) is 0 Å². The average Bonchev–Trinajstić information content (AvgIpc) is 2.19. The SMILES string of the molecule is CCC1CCC(CC(=O)N(C)C)CC1. The Labute approximate surface area is 87.7 Å². The number of amides is 1. The average molecular weight is 197 g/mol. The molecule has 2 nitrogen and oxygen atoms in total. The zero-order chi connectivity index (χ0) is 10.6. The molecule has 0 aromatic rings. The summed E-state index contributed by atoms with van der Waals surface area (Å²) in [4.78, 5) is 13.2. The third-order valence-corrected chi connectivity index (χ3v) is 3.51. The van der Waals surface area contributed by atoms with Crippen LogP contribution >= 0.6 is 0 Å². The topological polar surface area (TPSA) is 20.3 Å². The maximum atomic E-state index is 11.5. The highest BCUT2D eigenvalue weighted by molar-refractivity contribution is 5.75. The fourth-order valence-electron chi connectivity index (χ4n) is 2.27. The van der Waals surface area contributed by atoms with E-state index < -0.39 is 0 Å². The third kappa shape index (κ3) is 3.32. The van der Waals surface area contributed by atoms with Crippen LogP contribution in [0.15, 0.2) is 0 Å². The summed E-state index contributed by atoms with van der Waals surface area (Å²) in [7, 11) is 3.69. The Morgan fingerprint density at radius 3 is 2.07 bits per heavy atom. The van der Waals surface area contributed by atoms with E-state index in [0.29, 0.717) is 11.8 Å². The minimum Gasteiger partial charge on any atom is -0.349 e. The Kier molecular flexibility index (Phi) is 4.43. The van der Waals surface area contributed by atoms with Crippen molar-refractivity contribution in [3.05, 3.63) is 0 Å². The van der Waals surface area contributed by atoms with Crippen LogP contribution in [-0.4, -0.2) is 24.9 Å². The summed E-state index contributed by atoms with van der Waals surface area (Å²) in [5.74, 6) is 1.89. The molecule has 0 bridgehead atoms. The van der Waals surface area contributed by atoms with Crippen LogP contribution < -0.4 is 0 Å². The summed E-state index contributed by atoms with van der Waals surface area (Å²) < 4.78 is 0. The van der Waals surface area contributed by atoms with Crippen LogP contribution in [0.4, 0.5) is 0 Å². The first-order chi connectivity index (χ1) is 6.63. The lowest BCUT2D eigenvalue weighted by Crippen LogP contribution is -2.26. The van der Waals surface area contributed by atoms with Gasteiger partial charge in [0, 0.05) is 20.5 Å². The van der Waals surface area contributed by atoms with Gasteiger partial charge in [-0.2, -0.15) is 0 Å². The molecule has 14 heavy (non-hydrogen) atoms. The third-order valence-electron chi connectivity index (χ3n) is 3.51. The molecule has 2 heteroatoms. The summed E-state index contributed by atoms with van der Waals surface area (Å²) in [5.41, 5.74) is 0. The number of rotatable bonds is 3. The highest BCUT2D eigenvalue weighted by Crippen LogP contribution is 2.32. The van der Waals surface area contributed by atoms with Crippen molar-refractivity contribution in [2.24, 2.45) is 11.8 Å². The zero-order valence-electron chi connectivity index (χ0n) is 9.75. The number of nitrogens with zero attached hydrogens (tertiary/aromatic N) is 1.